The smallest absolute Gasteiger partial charge is 0.411 e. The number of amides is 2. The summed E-state index contributed by atoms with van der Waals surface area (Å²) in [4.78, 5) is 26.2. The number of benzene rings is 2. The maximum Gasteiger partial charge on any atom is 0.411 e. The van der Waals surface area contributed by atoms with Crippen molar-refractivity contribution >= 4 is 17.9 Å². The van der Waals surface area contributed by atoms with Gasteiger partial charge in [-0.25, -0.2) is 14.0 Å². The zero-order valence-electron chi connectivity index (χ0n) is 20.1. The van der Waals surface area contributed by atoms with Gasteiger partial charge in [-0.15, -0.1) is 0 Å². The minimum atomic E-state index is -0.644. The summed E-state index contributed by atoms with van der Waals surface area (Å²) in [6, 6.07) is 13.9. The topological polar surface area (TPSA) is 79.9 Å². The van der Waals surface area contributed by atoms with E-state index >= 15 is 0 Å². The Balaban J connectivity index is 1.49. The molecule has 1 atom stereocenters. The quantitative estimate of drug-likeness (QED) is 0.585. The second kappa shape index (κ2) is 11.8. The second-order valence-corrected chi connectivity index (χ2v) is 9.49. The van der Waals surface area contributed by atoms with Gasteiger partial charge >= 0.3 is 12.2 Å². The van der Waals surface area contributed by atoms with Crippen LogP contribution < -0.4 is 10.6 Å². The third-order valence-electron chi connectivity index (χ3n) is 5.42. The summed E-state index contributed by atoms with van der Waals surface area (Å²) >= 11 is 0. The number of hydrogen-bond acceptors (Lipinski definition) is 5. The maximum atomic E-state index is 14.7. The van der Waals surface area contributed by atoms with Crippen LogP contribution in [0.2, 0.25) is 0 Å². The number of anilines is 1. The molecule has 7 nitrogen and oxygen atoms in total. The van der Waals surface area contributed by atoms with E-state index in [1.54, 1.807) is 17.0 Å². The lowest BCUT2D eigenvalue weighted by Crippen LogP contribution is -2.44. The summed E-state index contributed by atoms with van der Waals surface area (Å²) in [5.74, 6) is -0.425. The standard InChI is InChI=1S/C26H34FN3O4/c1-26(2,3)34-25(32)30-14-8-7-11-22(17-30)28-16-20-12-13-21(15-23(20)27)29-24(31)33-18-19-9-5-4-6-10-19/h4-6,9-10,12-13,15,22,28H,7-8,11,14,16-18H2,1-3H3,(H,29,31). The van der Waals surface area contributed by atoms with Gasteiger partial charge in [-0.2, -0.15) is 0 Å². The molecule has 0 radical (unpaired) electrons. The summed E-state index contributed by atoms with van der Waals surface area (Å²) in [7, 11) is 0. The molecule has 34 heavy (non-hydrogen) atoms. The highest BCUT2D eigenvalue weighted by Gasteiger charge is 2.26. The van der Waals surface area contributed by atoms with Crippen molar-refractivity contribution in [3.8, 4) is 0 Å². The molecule has 1 saturated heterocycles. The van der Waals surface area contributed by atoms with E-state index in [1.165, 1.54) is 6.07 Å². The Bertz CT molecular complexity index is 962. The van der Waals surface area contributed by atoms with Gasteiger partial charge in [0.2, 0.25) is 0 Å². The van der Waals surface area contributed by atoms with Crippen molar-refractivity contribution in [2.75, 3.05) is 18.4 Å². The minimum absolute atomic E-state index is 0.0418. The molecular formula is C26H34FN3O4. The molecule has 2 aromatic rings. The largest absolute Gasteiger partial charge is 0.444 e. The molecule has 2 N–H and O–H groups in total. The Kier molecular flexibility index (Phi) is 8.87. The molecule has 0 saturated carbocycles. The first-order valence-electron chi connectivity index (χ1n) is 11.7. The molecule has 184 valence electrons. The van der Waals surface area contributed by atoms with Gasteiger partial charge in [0.15, 0.2) is 0 Å². The molecule has 0 spiro atoms. The number of halogens is 1. The number of hydrogen-bond donors (Lipinski definition) is 2. The van der Waals surface area contributed by atoms with Crippen molar-refractivity contribution < 1.29 is 23.5 Å². The highest BCUT2D eigenvalue weighted by atomic mass is 19.1. The Labute approximate surface area is 200 Å². The second-order valence-electron chi connectivity index (χ2n) is 9.49. The first-order valence-corrected chi connectivity index (χ1v) is 11.7. The summed E-state index contributed by atoms with van der Waals surface area (Å²) in [6.07, 6.45) is 1.82. The van der Waals surface area contributed by atoms with E-state index in [-0.39, 0.29) is 18.7 Å². The normalized spacial score (nSPS) is 16.5. The molecule has 1 aliphatic heterocycles. The zero-order chi connectivity index (χ0) is 24.6. The Morgan fingerprint density at radius 1 is 1.12 bits per heavy atom. The van der Waals surface area contributed by atoms with Crippen molar-refractivity contribution in [3.63, 3.8) is 0 Å². The molecule has 1 fully saturated rings. The molecule has 1 heterocycles. The lowest BCUT2D eigenvalue weighted by molar-refractivity contribution is 0.0243. The number of nitrogens with one attached hydrogen (secondary N) is 2. The third kappa shape index (κ3) is 8.33. The van der Waals surface area contributed by atoms with E-state index in [1.807, 2.05) is 51.1 Å². The van der Waals surface area contributed by atoms with E-state index in [0.717, 1.165) is 24.8 Å². The van der Waals surface area contributed by atoms with E-state index in [0.29, 0.717) is 30.9 Å². The van der Waals surface area contributed by atoms with Crippen LogP contribution in [0.25, 0.3) is 0 Å². The van der Waals surface area contributed by atoms with E-state index < -0.39 is 17.5 Å². The monoisotopic (exact) mass is 471 g/mol. The number of carbonyl (C=O) groups is 2. The predicted molar refractivity (Wildman–Crippen MR) is 129 cm³/mol. The fourth-order valence-corrected chi connectivity index (χ4v) is 3.70. The Hall–Kier alpha value is -3.13. The minimum Gasteiger partial charge on any atom is -0.444 e. The summed E-state index contributed by atoms with van der Waals surface area (Å²) in [5, 5.41) is 5.91. The molecule has 2 amide bonds. The van der Waals surface area contributed by atoms with Gasteiger partial charge in [0, 0.05) is 36.9 Å². The van der Waals surface area contributed by atoms with Gasteiger partial charge in [-0.05, 0) is 51.3 Å². The van der Waals surface area contributed by atoms with Crippen LogP contribution in [0, 0.1) is 5.82 Å². The highest BCUT2D eigenvalue weighted by Crippen LogP contribution is 2.18. The maximum absolute atomic E-state index is 14.7. The molecular weight excluding hydrogens is 437 g/mol. The number of likely N-dealkylation sites (tertiary alicyclic amines) is 1. The average Bonchev–Trinajstić information content (AvgIpc) is 3.03. The van der Waals surface area contributed by atoms with Crippen molar-refractivity contribution in [3.05, 3.63) is 65.5 Å². The van der Waals surface area contributed by atoms with Crippen molar-refractivity contribution in [2.45, 2.75) is 64.8 Å². The van der Waals surface area contributed by atoms with Crippen LogP contribution in [0.1, 0.15) is 51.2 Å². The van der Waals surface area contributed by atoms with Gasteiger partial charge in [-0.3, -0.25) is 5.32 Å². The number of ether oxygens (including phenoxy) is 2. The lowest BCUT2D eigenvalue weighted by Gasteiger charge is -2.28. The molecule has 0 aromatic heterocycles. The van der Waals surface area contributed by atoms with Crippen LogP contribution in [0.4, 0.5) is 19.7 Å². The Morgan fingerprint density at radius 2 is 1.88 bits per heavy atom. The van der Waals surface area contributed by atoms with E-state index in [2.05, 4.69) is 10.6 Å². The molecule has 1 aliphatic rings. The van der Waals surface area contributed by atoms with Crippen molar-refractivity contribution in [1.82, 2.24) is 10.2 Å². The van der Waals surface area contributed by atoms with Gasteiger partial charge in [-0.1, -0.05) is 42.8 Å². The molecule has 2 aromatic carbocycles. The van der Waals surface area contributed by atoms with Crippen LogP contribution in [0.3, 0.4) is 0 Å². The van der Waals surface area contributed by atoms with Gasteiger partial charge < -0.3 is 19.7 Å². The van der Waals surface area contributed by atoms with Crippen LogP contribution in [0.5, 0.6) is 0 Å². The Morgan fingerprint density at radius 3 is 2.59 bits per heavy atom. The van der Waals surface area contributed by atoms with E-state index in [9.17, 15) is 14.0 Å². The summed E-state index contributed by atoms with van der Waals surface area (Å²) in [6.45, 7) is 7.18. The van der Waals surface area contributed by atoms with E-state index in [4.69, 9.17) is 9.47 Å². The van der Waals surface area contributed by atoms with Crippen LogP contribution in [-0.2, 0) is 22.6 Å². The fraction of sp³-hybridized carbons (Fsp3) is 0.462. The van der Waals surface area contributed by atoms with Crippen molar-refractivity contribution in [1.29, 1.82) is 0 Å². The van der Waals surface area contributed by atoms with Crippen LogP contribution in [0.15, 0.2) is 48.5 Å². The number of nitrogens with zero attached hydrogens (tertiary/aromatic N) is 1. The summed E-state index contributed by atoms with van der Waals surface area (Å²) in [5.41, 5.74) is 1.13. The molecule has 3 rings (SSSR count). The first-order chi connectivity index (χ1) is 16.2. The molecule has 8 heteroatoms. The van der Waals surface area contributed by atoms with Crippen LogP contribution in [-0.4, -0.2) is 41.8 Å². The first kappa shape index (κ1) is 25.5. The van der Waals surface area contributed by atoms with Gasteiger partial charge in [0.1, 0.15) is 18.0 Å². The number of carbonyl (C=O) groups excluding carboxylic acids is 2. The van der Waals surface area contributed by atoms with Crippen molar-refractivity contribution in [2.24, 2.45) is 0 Å². The lowest BCUT2D eigenvalue weighted by atomic mass is 10.1. The van der Waals surface area contributed by atoms with Gasteiger partial charge in [0.25, 0.3) is 0 Å². The van der Waals surface area contributed by atoms with Crippen LogP contribution >= 0.6 is 0 Å². The zero-order valence-corrected chi connectivity index (χ0v) is 20.1. The third-order valence-corrected chi connectivity index (χ3v) is 5.42. The van der Waals surface area contributed by atoms with Gasteiger partial charge in [0.05, 0.1) is 0 Å². The molecule has 1 unspecified atom stereocenters. The average molecular weight is 472 g/mol. The molecule has 0 bridgehead atoms. The molecule has 0 aliphatic carbocycles. The number of rotatable bonds is 6. The summed E-state index contributed by atoms with van der Waals surface area (Å²) < 4.78 is 25.3. The highest BCUT2D eigenvalue weighted by molar-refractivity contribution is 5.84. The SMILES string of the molecule is CC(C)(C)OC(=O)N1CCCCC(NCc2ccc(NC(=O)OCc3ccccc3)cc2F)C1. The predicted octanol–water partition coefficient (Wildman–Crippen LogP) is 5.45. The fourth-order valence-electron chi connectivity index (χ4n) is 3.70.